The standard InChI is InChI=1S/C12H16F3N5/c13-12(14,15)9-5-17-10(18-6-9)7-20-11(16)19-4-8-2-1-3-8/h5-6,8H,1-4,7H2,(H3,16,19,20). The molecule has 0 aromatic carbocycles. The molecule has 1 heterocycles. The van der Waals surface area contributed by atoms with Crippen molar-refractivity contribution in [1.82, 2.24) is 15.3 Å². The lowest BCUT2D eigenvalue weighted by Gasteiger charge is -2.25. The highest BCUT2D eigenvalue weighted by Gasteiger charge is 2.31. The van der Waals surface area contributed by atoms with Gasteiger partial charge in [-0.15, -0.1) is 0 Å². The van der Waals surface area contributed by atoms with Crippen LogP contribution in [0.25, 0.3) is 0 Å². The van der Waals surface area contributed by atoms with Crippen molar-refractivity contribution in [3.63, 3.8) is 0 Å². The van der Waals surface area contributed by atoms with E-state index in [9.17, 15) is 13.2 Å². The summed E-state index contributed by atoms with van der Waals surface area (Å²) in [6.45, 7) is 0.838. The number of hydrogen-bond donors (Lipinski definition) is 2. The zero-order chi connectivity index (χ0) is 14.6. The molecule has 0 spiro atoms. The lowest BCUT2D eigenvalue weighted by atomic mass is 9.85. The highest BCUT2D eigenvalue weighted by atomic mass is 19.4. The molecule has 1 aromatic heterocycles. The summed E-state index contributed by atoms with van der Waals surface area (Å²) in [5.74, 6) is 1.11. The highest BCUT2D eigenvalue weighted by Crippen LogP contribution is 2.27. The number of halogens is 3. The minimum Gasteiger partial charge on any atom is -0.370 e. The van der Waals surface area contributed by atoms with Crippen molar-refractivity contribution in [2.75, 3.05) is 6.54 Å². The third-order valence-corrected chi connectivity index (χ3v) is 3.22. The Bertz CT molecular complexity index is 465. The van der Waals surface area contributed by atoms with Crippen molar-refractivity contribution in [1.29, 1.82) is 0 Å². The normalized spacial score (nSPS) is 16.9. The lowest BCUT2D eigenvalue weighted by Crippen LogP contribution is -2.37. The van der Waals surface area contributed by atoms with Gasteiger partial charge < -0.3 is 11.1 Å². The Labute approximate surface area is 114 Å². The summed E-state index contributed by atoms with van der Waals surface area (Å²) in [7, 11) is 0. The summed E-state index contributed by atoms with van der Waals surface area (Å²) in [5.41, 5.74) is 4.78. The largest absolute Gasteiger partial charge is 0.419 e. The van der Waals surface area contributed by atoms with E-state index in [1.807, 2.05) is 0 Å². The van der Waals surface area contributed by atoms with E-state index < -0.39 is 11.7 Å². The molecule has 0 bridgehead atoms. The molecular weight excluding hydrogens is 271 g/mol. The molecule has 1 aromatic rings. The minimum atomic E-state index is -4.43. The van der Waals surface area contributed by atoms with Gasteiger partial charge in [-0.2, -0.15) is 13.2 Å². The molecule has 8 heteroatoms. The molecule has 1 aliphatic rings. The SMILES string of the molecule is NC(=NCc1ncc(C(F)(F)F)cn1)NCC1CCC1. The van der Waals surface area contributed by atoms with Gasteiger partial charge in [0.15, 0.2) is 5.96 Å². The maximum Gasteiger partial charge on any atom is 0.419 e. The van der Waals surface area contributed by atoms with E-state index in [0.29, 0.717) is 5.92 Å². The van der Waals surface area contributed by atoms with E-state index in [-0.39, 0.29) is 18.3 Å². The summed E-state index contributed by atoms with van der Waals surface area (Å²) < 4.78 is 36.9. The molecule has 2 rings (SSSR count). The molecule has 20 heavy (non-hydrogen) atoms. The molecule has 0 radical (unpaired) electrons. The molecule has 5 nitrogen and oxygen atoms in total. The number of nitrogens with zero attached hydrogens (tertiary/aromatic N) is 3. The smallest absolute Gasteiger partial charge is 0.370 e. The fourth-order valence-corrected chi connectivity index (χ4v) is 1.74. The molecule has 0 unspecified atom stereocenters. The van der Waals surface area contributed by atoms with Gasteiger partial charge in [0.1, 0.15) is 12.4 Å². The van der Waals surface area contributed by atoms with Gasteiger partial charge in [-0.25, -0.2) is 15.0 Å². The number of aliphatic imine (C=N–C) groups is 1. The molecule has 0 amide bonds. The Balaban J connectivity index is 1.83. The molecule has 0 saturated heterocycles. The number of nitrogens with two attached hydrogens (primary N) is 1. The van der Waals surface area contributed by atoms with Crippen molar-refractivity contribution in [2.45, 2.75) is 32.0 Å². The maximum atomic E-state index is 12.3. The summed E-state index contributed by atoms with van der Waals surface area (Å²) in [5, 5.41) is 2.98. The van der Waals surface area contributed by atoms with Crippen LogP contribution in [0.4, 0.5) is 13.2 Å². The number of nitrogens with one attached hydrogen (secondary N) is 1. The van der Waals surface area contributed by atoms with Crippen LogP contribution >= 0.6 is 0 Å². The van der Waals surface area contributed by atoms with E-state index in [2.05, 4.69) is 20.3 Å². The Morgan fingerprint density at radius 2 is 2.00 bits per heavy atom. The first-order chi connectivity index (χ1) is 9.45. The second kappa shape index (κ2) is 6.06. The zero-order valence-electron chi connectivity index (χ0n) is 10.8. The second-order valence-electron chi connectivity index (χ2n) is 4.77. The van der Waals surface area contributed by atoms with Gasteiger partial charge in [-0.1, -0.05) is 6.42 Å². The third kappa shape index (κ3) is 4.07. The molecule has 3 N–H and O–H groups in total. The Morgan fingerprint density at radius 1 is 1.35 bits per heavy atom. The van der Waals surface area contributed by atoms with E-state index in [4.69, 9.17) is 5.73 Å². The van der Waals surface area contributed by atoms with Crippen LogP contribution in [0.2, 0.25) is 0 Å². The molecule has 0 aliphatic heterocycles. The highest BCUT2D eigenvalue weighted by molar-refractivity contribution is 5.77. The number of aromatic nitrogens is 2. The van der Waals surface area contributed by atoms with Crippen molar-refractivity contribution >= 4 is 5.96 Å². The number of alkyl halides is 3. The van der Waals surface area contributed by atoms with Crippen LogP contribution in [-0.2, 0) is 12.7 Å². The Hall–Kier alpha value is -1.86. The average Bonchev–Trinajstić information content (AvgIpc) is 2.34. The van der Waals surface area contributed by atoms with Gasteiger partial charge in [0.25, 0.3) is 0 Å². The quantitative estimate of drug-likeness (QED) is 0.653. The van der Waals surface area contributed by atoms with Gasteiger partial charge in [0.2, 0.25) is 0 Å². The van der Waals surface area contributed by atoms with E-state index in [1.54, 1.807) is 0 Å². The van der Waals surface area contributed by atoms with Gasteiger partial charge >= 0.3 is 6.18 Å². The topological polar surface area (TPSA) is 76.2 Å². The van der Waals surface area contributed by atoms with Crippen LogP contribution in [-0.4, -0.2) is 22.5 Å². The van der Waals surface area contributed by atoms with Gasteiger partial charge in [-0.05, 0) is 18.8 Å². The first-order valence-electron chi connectivity index (χ1n) is 6.37. The summed E-state index contributed by atoms with van der Waals surface area (Å²) in [4.78, 5) is 11.2. The Morgan fingerprint density at radius 3 is 2.50 bits per heavy atom. The fraction of sp³-hybridized carbons (Fsp3) is 0.583. The number of guanidine groups is 1. The lowest BCUT2D eigenvalue weighted by molar-refractivity contribution is -0.138. The zero-order valence-corrected chi connectivity index (χ0v) is 10.8. The summed E-state index contributed by atoms with van der Waals surface area (Å²) in [6, 6.07) is 0. The van der Waals surface area contributed by atoms with Crippen LogP contribution in [0.5, 0.6) is 0 Å². The number of rotatable bonds is 4. The molecule has 110 valence electrons. The van der Waals surface area contributed by atoms with Crippen LogP contribution in [0, 0.1) is 5.92 Å². The second-order valence-corrected chi connectivity index (χ2v) is 4.77. The van der Waals surface area contributed by atoms with Gasteiger partial charge in [0.05, 0.1) is 5.56 Å². The number of hydrogen-bond acceptors (Lipinski definition) is 3. The summed E-state index contributed by atoms with van der Waals surface area (Å²) in [6.07, 6.45) is 0.713. The molecule has 1 aliphatic carbocycles. The summed E-state index contributed by atoms with van der Waals surface area (Å²) >= 11 is 0. The average molecular weight is 287 g/mol. The molecule has 0 atom stereocenters. The van der Waals surface area contributed by atoms with Crippen LogP contribution in [0.1, 0.15) is 30.7 Å². The molecular formula is C12H16F3N5. The van der Waals surface area contributed by atoms with Crippen molar-refractivity contribution < 1.29 is 13.2 Å². The van der Waals surface area contributed by atoms with E-state index in [0.717, 1.165) is 18.9 Å². The molecule has 1 fully saturated rings. The van der Waals surface area contributed by atoms with E-state index >= 15 is 0 Å². The molecule has 1 saturated carbocycles. The minimum absolute atomic E-state index is 0.0572. The first kappa shape index (κ1) is 14.5. The van der Waals surface area contributed by atoms with Gasteiger partial charge in [0, 0.05) is 18.9 Å². The fourth-order valence-electron chi connectivity index (χ4n) is 1.74. The van der Waals surface area contributed by atoms with Crippen LogP contribution < -0.4 is 11.1 Å². The Kier molecular flexibility index (Phi) is 4.41. The third-order valence-electron chi connectivity index (χ3n) is 3.22. The van der Waals surface area contributed by atoms with Crippen molar-refractivity contribution in [3.05, 3.63) is 23.8 Å². The van der Waals surface area contributed by atoms with Crippen molar-refractivity contribution in [3.8, 4) is 0 Å². The predicted octanol–water partition coefficient (Wildman–Crippen LogP) is 1.70. The van der Waals surface area contributed by atoms with Crippen LogP contribution in [0.15, 0.2) is 17.4 Å². The maximum absolute atomic E-state index is 12.3. The predicted molar refractivity (Wildman–Crippen MR) is 67.7 cm³/mol. The first-order valence-corrected chi connectivity index (χ1v) is 6.37. The monoisotopic (exact) mass is 287 g/mol. The van der Waals surface area contributed by atoms with Gasteiger partial charge in [-0.3, -0.25) is 0 Å². The van der Waals surface area contributed by atoms with Crippen molar-refractivity contribution in [2.24, 2.45) is 16.6 Å². The van der Waals surface area contributed by atoms with E-state index in [1.165, 1.54) is 19.3 Å². The van der Waals surface area contributed by atoms with Crippen LogP contribution in [0.3, 0.4) is 0 Å².